The molecule has 4 atom stereocenters. The van der Waals surface area contributed by atoms with Gasteiger partial charge in [0.2, 0.25) is 10.9 Å². The Morgan fingerprint density at radius 2 is 1.67 bits per heavy atom. The number of carbonyl (C=O) groups is 4. The van der Waals surface area contributed by atoms with Gasteiger partial charge in [-0.3, -0.25) is 24.1 Å². The summed E-state index contributed by atoms with van der Waals surface area (Å²) >= 11 is 0.894. The number of primary amides is 1. The van der Waals surface area contributed by atoms with Crippen LogP contribution in [0.5, 0.6) is 5.75 Å². The number of amides is 1. The molecule has 2 aromatic carbocycles. The highest BCUT2D eigenvalue weighted by Gasteiger charge is 2.64. The second kappa shape index (κ2) is 10.5. The minimum absolute atomic E-state index is 0.0245. The van der Waals surface area contributed by atoms with Crippen molar-refractivity contribution in [1.29, 1.82) is 0 Å². The summed E-state index contributed by atoms with van der Waals surface area (Å²) in [6, 6.07) is 7.62. The molecule has 2 aromatic rings. The van der Waals surface area contributed by atoms with Gasteiger partial charge in [0.15, 0.2) is 11.4 Å². The number of phenols is 1. The number of Topliss-reactive ketones (excluding diaryl/α,β-unsaturated/α-hetero) is 2. The van der Waals surface area contributed by atoms with E-state index in [1.165, 1.54) is 11.0 Å². The second-order valence-electron chi connectivity index (χ2n) is 11.7. The number of aliphatic hydroxyl groups excluding tert-OH is 2. The van der Waals surface area contributed by atoms with E-state index in [1.807, 2.05) is 19.1 Å². The van der Waals surface area contributed by atoms with E-state index in [4.69, 9.17) is 5.73 Å². The third-order valence-electron chi connectivity index (χ3n) is 8.63. The lowest BCUT2D eigenvalue weighted by molar-refractivity contribution is -0.153. The van der Waals surface area contributed by atoms with Crippen LogP contribution in [0.4, 0.5) is 5.69 Å². The summed E-state index contributed by atoms with van der Waals surface area (Å²) in [4.78, 5) is 56.8. The van der Waals surface area contributed by atoms with Crippen LogP contribution < -0.4 is 10.6 Å². The van der Waals surface area contributed by atoms with Crippen molar-refractivity contribution in [2.75, 3.05) is 33.1 Å². The van der Waals surface area contributed by atoms with E-state index in [-0.39, 0.29) is 29.5 Å². The fraction of sp³-hybridized carbons (Fsp3) is 0.355. The maximum atomic E-state index is 14.1. The summed E-state index contributed by atoms with van der Waals surface area (Å²) in [6.45, 7) is 1.92. The third kappa shape index (κ3) is 4.52. The van der Waals surface area contributed by atoms with E-state index in [9.17, 15) is 39.6 Å². The first kappa shape index (κ1) is 30.3. The molecule has 0 aliphatic heterocycles. The summed E-state index contributed by atoms with van der Waals surface area (Å²) in [5.74, 6) is -7.44. The molecule has 5 rings (SSSR count). The summed E-state index contributed by atoms with van der Waals surface area (Å²) in [6.07, 6.45) is 0.0958. The number of aromatic hydroxyl groups is 1. The molecule has 1 amide bonds. The van der Waals surface area contributed by atoms with Crippen molar-refractivity contribution in [3.05, 3.63) is 69.5 Å². The van der Waals surface area contributed by atoms with E-state index in [0.29, 0.717) is 16.1 Å². The zero-order valence-corrected chi connectivity index (χ0v) is 25.2. The summed E-state index contributed by atoms with van der Waals surface area (Å²) in [5, 5.41) is 45.3. The van der Waals surface area contributed by atoms with Gasteiger partial charge in [0, 0.05) is 36.2 Å². The summed E-state index contributed by atoms with van der Waals surface area (Å²) < 4.78 is 0. The molecule has 3 aliphatic rings. The number of nitrogens with zero attached hydrogens (tertiary/aromatic N) is 2. The predicted octanol–water partition coefficient (Wildman–Crippen LogP) is 2.27. The predicted molar refractivity (Wildman–Crippen MR) is 160 cm³/mol. The van der Waals surface area contributed by atoms with Gasteiger partial charge in [-0.05, 0) is 75.3 Å². The molecule has 1 fully saturated rings. The van der Waals surface area contributed by atoms with Gasteiger partial charge in [-0.25, -0.2) is 0 Å². The van der Waals surface area contributed by atoms with Crippen molar-refractivity contribution >= 4 is 45.8 Å². The lowest BCUT2D eigenvalue weighted by Gasteiger charge is -2.50. The van der Waals surface area contributed by atoms with Crippen molar-refractivity contribution in [3.8, 4) is 5.75 Å². The fourth-order valence-electron chi connectivity index (χ4n) is 6.61. The van der Waals surface area contributed by atoms with Crippen LogP contribution in [0.25, 0.3) is 5.76 Å². The Morgan fingerprint density at radius 3 is 2.23 bits per heavy atom. The SMILES string of the molecule is Cc1ccc(SC(=O)c2cc(N(C)C)c3c(c2O)C(O)=C2C(=O)[C@]4(O)C(O)=C(C(N)=O)C(=O)[C@@H](N(C)C)C4CC2C3)cc1. The second-order valence-corrected chi connectivity index (χ2v) is 12.8. The fourth-order valence-corrected chi connectivity index (χ4v) is 7.37. The molecule has 11 nitrogen and oxygen atoms in total. The number of hydrogen-bond acceptors (Lipinski definition) is 11. The molecule has 0 radical (unpaired) electrons. The van der Waals surface area contributed by atoms with Crippen molar-refractivity contribution < 1.29 is 39.6 Å². The Kier molecular flexibility index (Phi) is 7.44. The quantitative estimate of drug-likeness (QED) is 0.248. The van der Waals surface area contributed by atoms with Crippen LogP contribution in [-0.2, 0) is 20.8 Å². The van der Waals surface area contributed by atoms with Gasteiger partial charge in [0.25, 0.3) is 5.91 Å². The van der Waals surface area contributed by atoms with E-state index in [0.717, 1.165) is 17.3 Å². The van der Waals surface area contributed by atoms with Gasteiger partial charge >= 0.3 is 0 Å². The number of phenolic OH excluding ortho intramolecular Hbond substituents is 1. The van der Waals surface area contributed by atoms with Crippen molar-refractivity contribution in [2.45, 2.75) is 36.3 Å². The number of rotatable bonds is 5. The number of ketones is 2. The molecule has 0 saturated heterocycles. The summed E-state index contributed by atoms with van der Waals surface area (Å²) in [5.41, 5.74) is 3.29. The van der Waals surface area contributed by atoms with Gasteiger partial charge < -0.3 is 31.1 Å². The highest BCUT2D eigenvalue weighted by atomic mass is 32.2. The minimum Gasteiger partial charge on any atom is -0.508 e. The van der Waals surface area contributed by atoms with E-state index in [1.54, 1.807) is 45.2 Å². The smallest absolute Gasteiger partial charge is 0.255 e. The molecule has 0 heterocycles. The number of aryl methyl sites for hydroxylation is 1. The lowest BCUT2D eigenvalue weighted by atomic mass is 9.57. The van der Waals surface area contributed by atoms with Gasteiger partial charge in [-0.15, -0.1) is 0 Å². The average molecular weight is 608 g/mol. The number of carbonyl (C=O) groups excluding carboxylic acids is 4. The average Bonchev–Trinajstić information content (AvgIpc) is 2.91. The first-order valence-corrected chi connectivity index (χ1v) is 14.4. The minimum atomic E-state index is -2.74. The molecule has 43 heavy (non-hydrogen) atoms. The highest BCUT2D eigenvalue weighted by Crippen LogP contribution is 2.54. The molecule has 3 aliphatic carbocycles. The number of benzene rings is 2. The van der Waals surface area contributed by atoms with E-state index >= 15 is 0 Å². The molecular weight excluding hydrogens is 574 g/mol. The normalized spacial score (nSPS) is 25.0. The molecule has 0 spiro atoms. The Hall–Kier alpha value is -4.13. The number of thioether (sulfide) groups is 1. The molecule has 2 unspecified atom stereocenters. The van der Waals surface area contributed by atoms with Crippen LogP contribution in [0.2, 0.25) is 0 Å². The molecule has 12 heteroatoms. The van der Waals surface area contributed by atoms with Gasteiger partial charge in [-0.2, -0.15) is 0 Å². The maximum absolute atomic E-state index is 14.1. The number of fused-ring (bicyclic) bond motifs is 3. The first-order valence-electron chi connectivity index (χ1n) is 13.6. The molecule has 226 valence electrons. The zero-order chi connectivity index (χ0) is 31.7. The first-order chi connectivity index (χ1) is 20.1. The molecule has 0 aromatic heterocycles. The molecular formula is C31H33N3O8S. The van der Waals surface area contributed by atoms with E-state index in [2.05, 4.69) is 0 Å². The van der Waals surface area contributed by atoms with Gasteiger partial charge in [0.1, 0.15) is 22.8 Å². The number of hydrogen-bond donors (Lipinski definition) is 5. The van der Waals surface area contributed by atoms with Crippen LogP contribution in [0.15, 0.2) is 52.1 Å². The van der Waals surface area contributed by atoms with Crippen LogP contribution >= 0.6 is 11.8 Å². The Balaban J connectivity index is 1.69. The van der Waals surface area contributed by atoms with Gasteiger partial charge in [0.05, 0.1) is 17.2 Å². The Labute approximate surface area is 252 Å². The topological polar surface area (TPSA) is 182 Å². The van der Waals surface area contributed by atoms with Crippen molar-refractivity contribution in [2.24, 2.45) is 17.6 Å². The van der Waals surface area contributed by atoms with Crippen LogP contribution in [-0.4, -0.2) is 87.7 Å². The largest absolute Gasteiger partial charge is 0.508 e. The molecule has 0 bridgehead atoms. The lowest BCUT2D eigenvalue weighted by Crippen LogP contribution is -2.65. The van der Waals surface area contributed by atoms with Crippen molar-refractivity contribution in [3.63, 3.8) is 0 Å². The number of nitrogens with two attached hydrogens (primary N) is 1. The number of likely N-dealkylation sites (N-methyl/N-ethyl adjacent to an activating group) is 1. The van der Waals surface area contributed by atoms with Crippen molar-refractivity contribution in [1.82, 2.24) is 4.90 Å². The Bertz CT molecular complexity index is 1660. The number of aliphatic hydroxyl groups is 3. The number of anilines is 1. The van der Waals surface area contributed by atoms with Crippen LogP contribution in [0, 0.1) is 18.8 Å². The monoisotopic (exact) mass is 607 g/mol. The zero-order valence-electron chi connectivity index (χ0n) is 24.3. The van der Waals surface area contributed by atoms with Gasteiger partial charge in [-0.1, -0.05) is 17.7 Å². The third-order valence-corrected chi connectivity index (χ3v) is 9.54. The standard InChI is InChI=1S/C31H33N3O8S/c1-13-6-8-15(9-7-13)43-30(41)17-12-19(33(2)3)16-10-14-11-18-23(34(4)5)26(37)22(29(32)40)28(39)31(18,42)27(38)20(14)25(36)21(16)24(17)35/h6-9,12,14,18,23,35-36,39,42H,10-11H2,1-5H3,(H2,32,40)/t14?,18?,23-,31-/m0/s1. The van der Waals surface area contributed by atoms with Crippen LogP contribution in [0.1, 0.15) is 33.5 Å². The highest BCUT2D eigenvalue weighted by molar-refractivity contribution is 8.14. The maximum Gasteiger partial charge on any atom is 0.255 e. The van der Waals surface area contributed by atoms with Crippen LogP contribution in [0.3, 0.4) is 0 Å². The Morgan fingerprint density at radius 1 is 1.05 bits per heavy atom. The summed E-state index contributed by atoms with van der Waals surface area (Å²) in [7, 11) is 6.57. The molecule has 1 saturated carbocycles. The van der Waals surface area contributed by atoms with E-state index < -0.39 is 68.9 Å². The molecule has 6 N–H and O–H groups in total.